The molecule has 2 heterocycles. The van der Waals surface area contributed by atoms with E-state index in [1.54, 1.807) is 0 Å². The lowest BCUT2D eigenvalue weighted by Crippen LogP contribution is -2.35. The minimum absolute atomic E-state index is 0.0114. The average Bonchev–Trinajstić information content (AvgIpc) is 2.90. The standard InChI is InChI=1S/C12H21N3O3/c1-4-12(3,17-5-2)11-14-10(18-15-11)9-8-16-7-6-13-9/h9,13H,4-8H2,1-3H3. The summed E-state index contributed by atoms with van der Waals surface area (Å²) < 4.78 is 16.4. The highest BCUT2D eigenvalue weighted by molar-refractivity contribution is 5.02. The van der Waals surface area contributed by atoms with Gasteiger partial charge in [0.1, 0.15) is 11.6 Å². The molecule has 0 radical (unpaired) electrons. The molecule has 0 saturated carbocycles. The zero-order valence-electron chi connectivity index (χ0n) is 11.2. The number of rotatable bonds is 5. The zero-order chi connectivity index (χ0) is 13.0. The topological polar surface area (TPSA) is 69.4 Å². The van der Waals surface area contributed by atoms with Crippen molar-refractivity contribution >= 4 is 0 Å². The van der Waals surface area contributed by atoms with Crippen LogP contribution in [0.15, 0.2) is 4.52 Å². The van der Waals surface area contributed by atoms with Crippen LogP contribution in [0.4, 0.5) is 0 Å². The van der Waals surface area contributed by atoms with E-state index in [0.717, 1.165) is 19.6 Å². The Morgan fingerprint density at radius 2 is 2.33 bits per heavy atom. The van der Waals surface area contributed by atoms with Crippen LogP contribution in [0.3, 0.4) is 0 Å². The lowest BCUT2D eigenvalue weighted by molar-refractivity contribution is -0.0403. The van der Waals surface area contributed by atoms with Gasteiger partial charge in [-0.15, -0.1) is 0 Å². The van der Waals surface area contributed by atoms with Crippen molar-refractivity contribution in [2.24, 2.45) is 0 Å². The molecule has 1 N–H and O–H groups in total. The van der Waals surface area contributed by atoms with Gasteiger partial charge in [0.25, 0.3) is 0 Å². The fraction of sp³-hybridized carbons (Fsp3) is 0.833. The lowest BCUT2D eigenvalue weighted by atomic mass is 10.0. The van der Waals surface area contributed by atoms with E-state index in [0.29, 0.717) is 24.9 Å². The summed E-state index contributed by atoms with van der Waals surface area (Å²) in [6, 6.07) is -0.0114. The van der Waals surface area contributed by atoms with Crippen molar-refractivity contribution in [1.82, 2.24) is 15.5 Å². The molecule has 1 aromatic rings. The van der Waals surface area contributed by atoms with Crippen LogP contribution in [0.2, 0.25) is 0 Å². The molecule has 2 rings (SSSR count). The zero-order valence-corrected chi connectivity index (χ0v) is 11.2. The number of morpholine rings is 1. The van der Waals surface area contributed by atoms with E-state index in [1.165, 1.54) is 0 Å². The number of aromatic nitrogens is 2. The first-order valence-electron chi connectivity index (χ1n) is 6.48. The van der Waals surface area contributed by atoms with Gasteiger partial charge in [-0.25, -0.2) is 0 Å². The molecule has 102 valence electrons. The fourth-order valence-electron chi connectivity index (χ4n) is 1.96. The summed E-state index contributed by atoms with van der Waals surface area (Å²) in [6.07, 6.45) is 0.800. The van der Waals surface area contributed by atoms with Crippen LogP contribution in [0, 0.1) is 0 Å². The molecule has 0 bridgehead atoms. The van der Waals surface area contributed by atoms with Gasteiger partial charge < -0.3 is 19.3 Å². The highest BCUT2D eigenvalue weighted by atomic mass is 16.5. The Labute approximate surface area is 107 Å². The Kier molecular flexibility index (Phi) is 4.31. The van der Waals surface area contributed by atoms with E-state index >= 15 is 0 Å². The first-order valence-corrected chi connectivity index (χ1v) is 6.48. The Bertz CT molecular complexity index is 376. The Morgan fingerprint density at radius 1 is 1.50 bits per heavy atom. The first-order chi connectivity index (χ1) is 8.69. The summed E-state index contributed by atoms with van der Waals surface area (Å²) in [5.41, 5.74) is -0.480. The average molecular weight is 255 g/mol. The normalized spacial score (nSPS) is 23.8. The lowest BCUT2D eigenvalue weighted by Gasteiger charge is -2.24. The van der Waals surface area contributed by atoms with Crippen molar-refractivity contribution in [2.75, 3.05) is 26.4 Å². The summed E-state index contributed by atoms with van der Waals surface area (Å²) in [5.74, 6) is 1.18. The third kappa shape index (κ3) is 2.71. The summed E-state index contributed by atoms with van der Waals surface area (Å²) in [7, 11) is 0. The Balaban J connectivity index is 2.13. The number of ether oxygens (including phenoxy) is 2. The van der Waals surface area contributed by atoms with E-state index in [4.69, 9.17) is 14.0 Å². The van der Waals surface area contributed by atoms with Crippen LogP contribution in [-0.2, 0) is 15.1 Å². The Morgan fingerprint density at radius 3 is 2.94 bits per heavy atom. The number of nitrogens with zero attached hydrogens (tertiary/aromatic N) is 2. The molecule has 1 aliphatic rings. The van der Waals surface area contributed by atoms with Crippen molar-refractivity contribution in [1.29, 1.82) is 0 Å². The molecule has 1 aliphatic heterocycles. The van der Waals surface area contributed by atoms with Gasteiger partial charge in [-0.3, -0.25) is 0 Å². The molecule has 0 amide bonds. The minimum Gasteiger partial charge on any atom is -0.378 e. The Hall–Kier alpha value is -0.980. The third-order valence-electron chi connectivity index (χ3n) is 3.27. The summed E-state index contributed by atoms with van der Waals surface area (Å²) in [5, 5.41) is 7.33. The molecular weight excluding hydrogens is 234 g/mol. The van der Waals surface area contributed by atoms with Crippen LogP contribution in [0.5, 0.6) is 0 Å². The molecule has 6 nitrogen and oxygen atoms in total. The van der Waals surface area contributed by atoms with Gasteiger partial charge in [-0.05, 0) is 20.3 Å². The number of hydrogen-bond donors (Lipinski definition) is 1. The van der Waals surface area contributed by atoms with Crippen LogP contribution in [0.25, 0.3) is 0 Å². The molecule has 1 saturated heterocycles. The van der Waals surface area contributed by atoms with Crippen LogP contribution < -0.4 is 5.32 Å². The molecule has 0 spiro atoms. The van der Waals surface area contributed by atoms with Gasteiger partial charge in [-0.1, -0.05) is 12.1 Å². The van der Waals surface area contributed by atoms with Crippen molar-refractivity contribution in [3.05, 3.63) is 11.7 Å². The van der Waals surface area contributed by atoms with E-state index in [1.807, 2.05) is 20.8 Å². The monoisotopic (exact) mass is 255 g/mol. The molecule has 2 unspecified atom stereocenters. The molecular formula is C12H21N3O3. The maximum Gasteiger partial charge on any atom is 0.246 e. The summed E-state index contributed by atoms with van der Waals surface area (Å²) in [4.78, 5) is 4.45. The number of nitrogens with one attached hydrogen (secondary N) is 1. The second kappa shape index (κ2) is 5.77. The molecule has 18 heavy (non-hydrogen) atoms. The second-order valence-corrected chi connectivity index (χ2v) is 4.56. The molecule has 6 heteroatoms. The van der Waals surface area contributed by atoms with Gasteiger partial charge in [0.2, 0.25) is 11.7 Å². The third-order valence-corrected chi connectivity index (χ3v) is 3.27. The first kappa shape index (κ1) is 13.5. The SMILES string of the molecule is CCOC(C)(CC)c1noc(C2COCCN2)n1. The van der Waals surface area contributed by atoms with Crippen molar-refractivity contribution in [3.8, 4) is 0 Å². The van der Waals surface area contributed by atoms with Crippen LogP contribution >= 0.6 is 0 Å². The van der Waals surface area contributed by atoms with E-state index in [-0.39, 0.29) is 6.04 Å². The predicted octanol–water partition coefficient (Wildman–Crippen LogP) is 1.39. The van der Waals surface area contributed by atoms with Gasteiger partial charge in [0.05, 0.1) is 13.2 Å². The molecule has 1 fully saturated rings. The minimum atomic E-state index is -0.480. The van der Waals surface area contributed by atoms with Crippen molar-refractivity contribution in [2.45, 2.75) is 38.8 Å². The van der Waals surface area contributed by atoms with Crippen LogP contribution in [-0.4, -0.2) is 36.5 Å². The largest absolute Gasteiger partial charge is 0.378 e. The van der Waals surface area contributed by atoms with Gasteiger partial charge in [0, 0.05) is 13.2 Å². The van der Waals surface area contributed by atoms with Gasteiger partial charge in [-0.2, -0.15) is 4.98 Å². The maximum absolute atomic E-state index is 5.73. The van der Waals surface area contributed by atoms with Gasteiger partial charge in [0.15, 0.2) is 0 Å². The predicted molar refractivity (Wildman–Crippen MR) is 65.1 cm³/mol. The second-order valence-electron chi connectivity index (χ2n) is 4.56. The van der Waals surface area contributed by atoms with Crippen molar-refractivity contribution in [3.63, 3.8) is 0 Å². The van der Waals surface area contributed by atoms with E-state index in [9.17, 15) is 0 Å². The highest BCUT2D eigenvalue weighted by Gasteiger charge is 2.32. The summed E-state index contributed by atoms with van der Waals surface area (Å²) in [6.45, 7) is 8.72. The highest BCUT2D eigenvalue weighted by Crippen LogP contribution is 2.27. The maximum atomic E-state index is 5.73. The molecule has 2 atom stereocenters. The van der Waals surface area contributed by atoms with E-state index < -0.39 is 5.60 Å². The van der Waals surface area contributed by atoms with E-state index in [2.05, 4.69) is 15.5 Å². The van der Waals surface area contributed by atoms with Crippen molar-refractivity contribution < 1.29 is 14.0 Å². The number of hydrogen-bond acceptors (Lipinski definition) is 6. The molecule has 0 aliphatic carbocycles. The van der Waals surface area contributed by atoms with Crippen LogP contribution in [0.1, 0.15) is 44.9 Å². The molecule has 0 aromatic carbocycles. The smallest absolute Gasteiger partial charge is 0.246 e. The quantitative estimate of drug-likeness (QED) is 0.857. The van der Waals surface area contributed by atoms with Gasteiger partial charge >= 0.3 is 0 Å². The summed E-state index contributed by atoms with van der Waals surface area (Å²) >= 11 is 0. The fourth-order valence-corrected chi connectivity index (χ4v) is 1.96. The molecule has 1 aromatic heterocycles.